The summed E-state index contributed by atoms with van der Waals surface area (Å²) >= 11 is 0. The Balaban J connectivity index is 2.10. The quantitative estimate of drug-likeness (QED) is 0.721. The molecule has 0 aliphatic carbocycles. The smallest absolute Gasteiger partial charge is 0.167 e. The van der Waals surface area contributed by atoms with Gasteiger partial charge in [-0.05, 0) is 37.5 Å². The van der Waals surface area contributed by atoms with Crippen LogP contribution in [0, 0.1) is 0 Å². The number of hydrogen-bond acceptors (Lipinski definition) is 4. The van der Waals surface area contributed by atoms with Crippen molar-refractivity contribution in [3.05, 3.63) is 29.3 Å². The first-order valence-corrected chi connectivity index (χ1v) is 8.61. The van der Waals surface area contributed by atoms with Gasteiger partial charge in [-0.3, -0.25) is 9.69 Å². The van der Waals surface area contributed by atoms with E-state index in [1.807, 2.05) is 26.0 Å². The molecule has 1 fully saturated rings. The molecule has 1 saturated heterocycles. The normalized spacial score (nSPS) is 16.1. The first kappa shape index (κ1) is 18.0. The number of hydrogen-bond donors (Lipinski definition) is 0. The summed E-state index contributed by atoms with van der Waals surface area (Å²) in [6, 6.07) is 6.00. The van der Waals surface area contributed by atoms with Crippen LogP contribution in [0.5, 0.6) is 5.75 Å². The van der Waals surface area contributed by atoms with Crippen molar-refractivity contribution in [2.75, 3.05) is 32.8 Å². The van der Waals surface area contributed by atoms with Crippen molar-refractivity contribution in [3.8, 4) is 5.75 Å². The first-order valence-electron chi connectivity index (χ1n) is 8.61. The third-order valence-electron chi connectivity index (χ3n) is 4.09. The molecule has 0 aromatic heterocycles. The van der Waals surface area contributed by atoms with Crippen molar-refractivity contribution < 1.29 is 14.3 Å². The van der Waals surface area contributed by atoms with Crippen molar-refractivity contribution in [3.63, 3.8) is 0 Å². The van der Waals surface area contributed by atoms with E-state index in [1.54, 1.807) is 0 Å². The van der Waals surface area contributed by atoms with E-state index in [0.717, 1.165) is 38.4 Å². The molecule has 0 bridgehead atoms. The summed E-state index contributed by atoms with van der Waals surface area (Å²) in [5.74, 6) is 1.26. The van der Waals surface area contributed by atoms with Gasteiger partial charge in [0.1, 0.15) is 5.75 Å². The summed E-state index contributed by atoms with van der Waals surface area (Å²) in [5.41, 5.74) is 1.90. The zero-order valence-corrected chi connectivity index (χ0v) is 14.8. The number of rotatable bonds is 7. The Bertz CT molecular complexity index is 519. The van der Waals surface area contributed by atoms with Gasteiger partial charge < -0.3 is 9.47 Å². The van der Waals surface area contributed by atoms with Crippen LogP contribution in [0.1, 0.15) is 56.0 Å². The number of ketones is 1. The minimum atomic E-state index is 0.0608. The van der Waals surface area contributed by atoms with Crippen molar-refractivity contribution >= 4 is 5.78 Å². The van der Waals surface area contributed by atoms with Gasteiger partial charge in [-0.25, -0.2) is 0 Å². The Morgan fingerprint density at radius 1 is 1.22 bits per heavy atom. The van der Waals surface area contributed by atoms with E-state index < -0.39 is 0 Å². The number of Topliss-reactive ketones (excluding diaryl/α,β-unsaturated/α-hetero) is 1. The predicted octanol–water partition coefficient (Wildman–Crippen LogP) is 3.50. The van der Waals surface area contributed by atoms with Crippen LogP contribution < -0.4 is 4.74 Å². The highest BCUT2D eigenvalue weighted by molar-refractivity contribution is 5.99. The van der Waals surface area contributed by atoms with Crippen LogP contribution in [0.3, 0.4) is 0 Å². The van der Waals surface area contributed by atoms with Crippen LogP contribution in [0.25, 0.3) is 0 Å². The summed E-state index contributed by atoms with van der Waals surface area (Å²) < 4.78 is 11.2. The number of nitrogens with zero attached hydrogens (tertiary/aromatic N) is 1. The van der Waals surface area contributed by atoms with Crippen molar-refractivity contribution in [1.29, 1.82) is 0 Å². The maximum Gasteiger partial charge on any atom is 0.167 e. The molecule has 1 aromatic rings. The molecular formula is C19H29NO3. The molecule has 4 heteroatoms. The van der Waals surface area contributed by atoms with Gasteiger partial charge in [0.05, 0.1) is 24.9 Å². The Morgan fingerprint density at radius 2 is 1.91 bits per heavy atom. The molecule has 1 heterocycles. The Hall–Kier alpha value is -1.39. The topological polar surface area (TPSA) is 38.8 Å². The van der Waals surface area contributed by atoms with Gasteiger partial charge in [-0.2, -0.15) is 0 Å². The fourth-order valence-corrected chi connectivity index (χ4v) is 2.70. The summed E-state index contributed by atoms with van der Waals surface area (Å²) in [5, 5.41) is 0. The molecule has 0 saturated carbocycles. The summed E-state index contributed by atoms with van der Waals surface area (Å²) in [4.78, 5) is 15.0. The van der Waals surface area contributed by atoms with Gasteiger partial charge in [-0.1, -0.05) is 19.9 Å². The SMILES string of the molecule is CC(C)Oc1ccc(C(C)C)cc1C(=O)CCN1CCOCC1. The predicted molar refractivity (Wildman–Crippen MR) is 92.5 cm³/mol. The van der Waals surface area contributed by atoms with E-state index in [9.17, 15) is 4.79 Å². The van der Waals surface area contributed by atoms with E-state index >= 15 is 0 Å². The molecule has 4 nitrogen and oxygen atoms in total. The standard InChI is InChI=1S/C19H29NO3/c1-14(2)16-5-6-19(23-15(3)4)17(13-16)18(21)7-8-20-9-11-22-12-10-20/h5-6,13-15H,7-12H2,1-4H3. The van der Waals surface area contributed by atoms with E-state index in [0.29, 0.717) is 18.1 Å². The molecule has 0 radical (unpaired) electrons. The number of ether oxygens (including phenoxy) is 2. The third-order valence-corrected chi connectivity index (χ3v) is 4.09. The van der Waals surface area contributed by atoms with Gasteiger partial charge in [0.25, 0.3) is 0 Å². The molecule has 0 amide bonds. The maximum atomic E-state index is 12.7. The monoisotopic (exact) mass is 319 g/mol. The van der Waals surface area contributed by atoms with Gasteiger partial charge in [0.2, 0.25) is 0 Å². The second kappa shape index (κ2) is 8.46. The Labute approximate surface area is 139 Å². The molecular weight excluding hydrogens is 290 g/mol. The third kappa shape index (κ3) is 5.33. The van der Waals surface area contributed by atoms with Crippen LogP contribution in [0.2, 0.25) is 0 Å². The highest BCUT2D eigenvalue weighted by atomic mass is 16.5. The van der Waals surface area contributed by atoms with E-state index in [-0.39, 0.29) is 11.9 Å². The molecule has 1 aliphatic rings. The largest absolute Gasteiger partial charge is 0.490 e. The number of carbonyl (C=O) groups excluding carboxylic acids is 1. The zero-order chi connectivity index (χ0) is 16.8. The highest BCUT2D eigenvalue weighted by Gasteiger charge is 2.18. The van der Waals surface area contributed by atoms with Crippen LogP contribution in [0.4, 0.5) is 0 Å². The Kier molecular flexibility index (Phi) is 6.60. The molecule has 0 spiro atoms. The summed E-state index contributed by atoms with van der Waals surface area (Å²) in [7, 11) is 0. The summed E-state index contributed by atoms with van der Waals surface area (Å²) in [6.07, 6.45) is 0.585. The lowest BCUT2D eigenvalue weighted by Gasteiger charge is -2.26. The van der Waals surface area contributed by atoms with Crippen LogP contribution >= 0.6 is 0 Å². The van der Waals surface area contributed by atoms with Crippen LogP contribution in [0.15, 0.2) is 18.2 Å². The number of morpholine rings is 1. The van der Waals surface area contributed by atoms with E-state index in [1.165, 1.54) is 5.56 Å². The van der Waals surface area contributed by atoms with Crippen LogP contribution in [-0.4, -0.2) is 49.6 Å². The first-order chi connectivity index (χ1) is 11.0. The maximum absolute atomic E-state index is 12.7. The average Bonchev–Trinajstić information content (AvgIpc) is 2.53. The minimum Gasteiger partial charge on any atom is -0.490 e. The van der Waals surface area contributed by atoms with Gasteiger partial charge in [-0.15, -0.1) is 0 Å². The van der Waals surface area contributed by atoms with E-state index in [4.69, 9.17) is 9.47 Å². The van der Waals surface area contributed by atoms with Crippen molar-refractivity contribution in [2.45, 2.75) is 46.1 Å². The fourth-order valence-electron chi connectivity index (χ4n) is 2.70. The van der Waals surface area contributed by atoms with Crippen molar-refractivity contribution in [2.24, 2.45) is 0 Å². The number of benzene rings is 1. The molecule has 1 aromatic carbocycles. The molecule has 2 rings (SSSR count). The molecule has 23 heavy (non-hydrogen) atoms. The molecule has 0 unspecified atom stereocenters. The minimum absolute atomic E-state index is 0.0608. The second-order valence-electron chi connectivity index (χ2n) is 6.70. The second-order valence-corrected chi connectivity index (χ2v) is 6.70. The molecule has 0 atom stereocenters. The summed E-state index contributed by atoms with van der Waals surface area (Å²) in [6.45, 7) is 12.4. The Morgan fingerprint density at radius 3 is 2.52 bits per heavy atom. The molecule has 1 aliphatic heterocycles. The lowest BCUT2D eigenvalue weighted by atomic mass is 9.97. The molecule has 128 valence electrons. The lowest BCUT2D eigenvalue weighted by Crippen LogP contribution is -2.37. The number of carbonyl (C=O) groups is 1. The highest BCUT2D eigenvalue weighted by Crippen LogP contribution is 2.26. The van der Waals surface area contributed by atoms with Crippen molar-refractivity contribution in [1.82, 2.24) is 4.90 Å². The zero-order valence-electron chi connectivity index (χ0n) is 14.8. The van der Waals surface area contributed by atoms with Crippen LogP contribution in [-0.2, 0) is 4.74 Å². The molecule has 0 N–H and O–H groups in total. The lowest BCUT2D eigenvalue weighted by molar-refractivity contribution is 0.0369. The van der Waals surface area contributed by atoms with E-state index in [2.05, 4.69) is 24.8 Å². The van der Waals surface area contributed by atoms with Gasteiger partial charge in [0, 0.05) is 26.1 Å². The van der Waals surface area contributed by atoms with Gasteiger partial charge in [0.15, 0.2) is 5.78 Å². The fraction of sp³-hybridized carbons (Fsp3) is 0.632. The average molecular weight is 319 g/mol. The van der Waals surface area contributed by atoms with Gasteiger partial charge >= 0.3 is 0 Å².